The molecule has 0 bridgehead atoms. The van der Waals surface area contributed by atoms with Crippen LogP contribution in [0.5, 0.6) is 0 Å². The number of benzene rings is 2. The lowest BCUT2D eigenvalue weighted by atomic mass is 10.1. The van der Waals surface area contributed by atoms with Gasteiger partial charge in [0.05, 0.1) is 34.5 Å². The molecular weight excluding hydrogens is 362 g/mol. The molecule has 2 aromatic carbocycles. The highest BCUT2D eigenvalue weighted by Gasteiger charge is 2.13. The van der Waals surface area contributed by atoms with Gasteiger partial charge in [-0.25, -0.2) is 10.1 Å². The standard InChI is InChI=1S/C23H21N5O/c1-17-21(18(2)28(26-17)19-10-4-3-5-11-19)16-24-25-23(29)20-12-6-7-13-22(20)27-14-8-9-15-27/h3-16H,1-2H3,(H,25,29)/b24-16-. The zero-order chi connectivity index (χ0) is 20.2. The minimum Gasteiger partial charge on any atom is -0.323 e. The van der Waals surface area contributed by atoms with Crippen molar-refractivity contribution in [3.05, 3.63) is 102 Å². The van der Waals surface area contributed by atoms with E-state index >= 15 is 0 Å². The van der Waals surface area contributed by atoms with Crippen molar-refractivity contribution < 1.29 is 4.79 Å². The first-order valence-corrected chi connectivity index (χ1v) is 9.32. The van der Waals surface area contributed by atoms with Crippen molar-refractivity contribution in [3.8, 4) is 11.4 Å². The lowest BCUT2D eigenvalue weighted by Gasteiger charge is -2.09. The number of aromatic nitrogens is 3. The molecule has 0 unspecified atom stereocenters. The maximum Gasteiger partial charge on any atom is 0.273 e. The second-order valence-corrected chi connectivity index (χ2v) is 6.64. The van der Waals surface area contributed by atoms with E-state index in [9.17, 15) is 4.79 Å². The topological polar surface area (TPSA) is 64.2 Å². The molecular formula is C23H21N5O. The molecule has 4 rings (SSSR count). The van der Waals surface area contributed by atoms with Gasteiger partial charge in [-0.15, -0.1) is 0 Å². The van der Waals surface area contributed by atoms with Gasteiger partial charge in [-0.05, 0) is 50.2 Å². The first kappa shape index (κ1) is 18.4. The molecule has 2 heterocycles. The van der Waals surface area contributed by atoms with E-state index in [2.05, 4.69) is 15.6 Å². The average molecular weight is 383 g/mol. The van der Waals surface area contributed by atoms with Crippen molar-refractivity contribution in [3.63, 3.8) is 0 Å². The predicted octanol–water partition coefficient (Wildman–Crippen LogP) is 4.04. The van der Waals surface area contributed by atoms with Gasteiger partial charge in [0.15, 0.2) is 0 Å². The van der Waals surface area contributed by atoms with Crippen molar-refractivity contribution in [1.82, 2.24) is 19.8 Å². The number of aryl methyl sites for hydroxylation is 1. The van der Waals surface area contributed by atoms with Crippen LogP contribution in [0, 0.1) is 13.8 Å². The minimum atomic E-state index is -0.267. The Balaban J connectivity index is 1.55. The summed E-state index contributed by atoms with van der Waals surface area (Å²) in [6.07, 6.45) is 5.45. The van der Waals surface area contributed by atoms with E-state index in [-0.39, 0.29) is 5.91 Å². The van der Waals surface area contributed by atoms with Gasteiger partial charge >= 0.3 is 0 Å². The van der Waals surface area contributed by atoms with E-state index in [0.29, 0.717) is 5.56 Å². The fourth-order valence-electron chi connectivity index (χ4n) is 3.26. The molecule has 1 amide bonds. The molecule has 0 aliphatic rings. The van der Waals surface area contributed by atoms with Gasteiger partial charge in [-0.1, -0.05) is 30.3 Å². The molecule has 4 aromatic rings. The monoisotopic (exact) mass is 383 g/mol. The fraction of sp³-hybridized carbons (Fsp3) is 0.0870. The lowest BCUT2D eigenvalue weighted by Crippen LogP contribution is -2.19. The number of hydrogen-bond acceptors (Lipinski definition) is 3. The number of carbonyl (C=O) groups is 1. The first-order chi connectivity index (χ1) is 14.1. The SMILES string of the molecule is Cc1nn(-c2ccccc2)c(C)c1/C=N\NC(=O)c1ccccc1-n1cccc1. The number of rotatable bonds is 5. The van der Waals surface area contributed by atoms with Gasteiger partial charge in [0, 0.05) is 18.0 Å². The second-order valence-electron chi connectivity index (χ2n) is 6.64. The number of hydrazone groups is 1. The summed E-state index contributed by atoms with van der Waals surface area (Å²) >= 11 is 0. The van der Waals surface area contributed by atoms with E-state index in [1.165, 1.54) is 0 Å². The van der Waals surface area contributed by atoms with Crippen LogP contribution in [0.25, 0.3) is 11.4 Å². The zero-order valence-corrected chi connectivity index (χ0v) is 16.3. The number of amides is 1. The number of para-hydroxylation sites is 2. The van der Waals surface area contributed by atoms with Crippen LogP contribution in [0.3, 0.4) is 0 Å². The van der Waals surface area contributed by atoms with Gasteiger partial charge in [-0.2, -0.15) is 10.2 Å². The van der Waals surface area contributed by atoms with E-state index in [1.807, 2.05) is 96.2 Å². The highest BCUT2D eigenvalue weighted by atomic mass is 16.2. The summed E-state index contributed by atoms with van der Waals surface area (Å²) in [6.45, 7) is 3.91. The Kier molecular flexibility index (Phi) is 5.07. The second kappa shape index (κ2) is 7.98. The van der Waals surface area contributed by atoms with Crippen LogP contribution in [-0.2, 0) is 0 Å². The van der Waals surface area contributed by atoms with Crippen molar-refractivity contribution in [2.24, 2.45) is 5.10 Å². The van der Waals surface area contributed by atoms with Gasteiger partial charge in [0.25, 0.3) is 5.91 Å². The predicted molar refractivity (Wildman–Crippen MR) is 114 cm³/mol. The van der Waals surface area contributed by atoms with Crippen LogP contribution < -0.4 is 5.43 Å². The Morgan fingerprint density at radius 1 is 0.966 bits per heavy atom. The van der Waals surface area contributed by atoms with Crippen LogP contribution in [0.4, 0.5) is 0 Å². The molecule has 144 valence electrons. The summed E-state index contributed by atoms with van der Waals surface area (Å²) in [5.41, 5.74) is 7.65. The molecule has 29 heavy (non-hydrogen) atoms. The van der Waals surface area contributed by atoms with E-state index in [0.717, 1.165) is 28.3 Å². The van der Waals surface area contributed by atoms with Crippen LogP contribution in [-0.4, -0.2) is 26.5 Å². The van der Waals surface area contributed by atoms with Gasteiger partial charge < -0.3 is 4.57 Å². The van der Waals surface area contributed by atoms with Crippen LogP contribution in [0.15, 0.2) is 84.2 Å². The summed E-state index contributed by atoms with van der Waals surface area (Å²) in [6, 6.07) is 21.2. The van der Waals surface area contributed by atoms with Gasteiger partial charge in [-0.3, -0.25) is 4.79 Å². The molecule has 0 spiro atoms. The normalized spacial score (nSPS) is 11.1. The number of carbonyl (C=O) groups excluding carboxylic acids is 1. The molecule has 0 radical (unpaired) electrons. The van der Waals surface area contributed by atoms with Crippen molar-refractivity contribution in [2.45, 2.75) is 13.8 Å². The van der Waals surface area contributed by atoms with Crippen molar-refractivity contribution >= 4 is 12.1 Å². The lowest BCUT2D eigenvalue weighted by molar-refractivity contribution is 0.0955. The molecule has 1 N–H and O–H groups in total. The quantitative estimate of drug-likeness (QED) is 0.417. The Bertz CT molecular complexity index is 1160. The Hall–Kier alpha value is -3.93. The zero-order valence-electron chi connectivity index (χ0n) is 16.3. The molecule has 6 heteroatoms. The van der Waals surface area contributed by atoms with Crippen molar-refractivity contribution in [2.75, 3.05) is 0 Å². The summed E-state index contributed by atoms with van der Waals surface area (Å²) in [7, 11) is 0. The summed E-state index contributed by atoms with van der Waals surface area (Å²) in [5, 5.41) is 8.78. The van der Waals surface area contributed by atoms with Crippen molar-refractivity contribution in [1.29, 1.82) is 0 Å². The van der Waals surface area contributed by atoms with E-state index < -0.39 is 0 Å². The Morgan fingerprint density at radius 2 is 1.66 bits per heavy atom. The van der Waals surface area contributed by atoms with Gasteiger partial charge in [0.1, 0.15) is 0 Å². The number of hydrogen-bond donors (Lipinski definition) is 1. The van der Waals surface area contributed by atoms with E-state index in [1.54, 1.807) is 12.3 Å². The molecule has 0 atom stereocenters. The highest BCUT2D eigenvalue weighted by molar-refractivity contribution is 5.98. The third kappa shape index (κ3) is 3.73. The summed E-state index contributed by atoms with van der Waals surface area (Å²) in [4.78, 5) is 12.7. The number of nitrogens with zero attached hydrogens (tertiary/aromatic N) is 4. The third-order valence-corrected chi connectivity index (χ3v) is 4.74. The maximum absolute atomic E-state index is 12.7. The average Bonchev–Trinajstić information content (AvgIpc) is 3.38. The smallest absolute Gasteiger partial charge is 0.273 e. The van der Waals surface area contributed by atoms with Crippen LogP contribution >= 0.6 is 0 Å². The Labute approximate surface area is 169 Å². The first-order valence-electron chi connectivity index (χ1n) is 9.32. The molecule has 0 saturated carbocycles. The Morgan fingerprint density at radius 3 is 2.41 bits per heavy atom. The maximum atomic E-state index is 12.7. The van der Waals surface area contributed by atoms with E-state index in [4.69, 9.17) is 0 Å². The largest absolute Gasteiger partial charge is 0.323 e. The summed E-state index contributed by atoms with van der Waals surface area (Å²) in [5.74, 6) is -0.267. The number of nitrogens with one attached hydrogen (secondary N) is 1. The molecule has 6 nitrogen and oxygen atoms in total. The van der Waals surface area contributed by atoms with Crippen LogP contribution in [0.2, 0.25) is 0 Å². The third-order valence-electron chi connectivity index (χ3n) is 4.74. The minimum absolute atomic E-state index is 0.267. The molecule has 2 aromatic heterocycles. The molecule has 0 saturated heterocycles. The fourth-order valence-corrected chi connectivity index (χ4v) is 3.26. The summed E-state index contributed by atoms with van der Waals surface area (Å²) < 4.78 is 3.77. The molecule has 0 fully saturated rings. The van der Waals surface area contributed by atoms with Crippen LogP contribution in [0.1, 0.15) is 27.3 Å². The molecule has 0 aliphatic carbocycles. The molecule has 0 aliphatic heterocycles. The highest BCUT2D eigenvalue weighted by Crippen LogP contribution is 2.17. The van der Waals surface area contributed by atoms with Gasteiger partial charge in [0.2, 0.25) is 0 Å².